The van der Waals surface area contributed by atoms with Crippen LogP contribution >= 0.6 is 0 Å². The van der Waals surface area contributed by atoms with E-state index in [4.69, 9.17) is 0 Å². The number of fused-ring (bicyclic) bond motifs is 3. The lowest BCUT2D eigenvalue weighted by Crippen LogP contribution is -2.57. The SMILES string of the molecule is OC1C2CC3CC1CC([C@H](O)C[C@@H]1c4ccccc4-c4cncn41)(C3)C2. The summed E-state index contributed by atoms with van der Waals surface area (Å²) < 4.78 is 2.24. The zero-order chi connectivity index (χ0) is 17.5. The molecule has 136 valence electrons. The molecule has 4 saturated carbocycles. The lowest BCUT2D eigenvalue weighted by molar-refractivity contribution is -0.173. The number of aliphatic hydroxyl groups is 2. The topological polar surface area (TPSA) is 58.3 Å². The number of benzene rings is 1. The van der Waals surface area contributed by atoms with Crippen LogP contribution in [0.5, 0.6) is 0 Å². The van der Waals surface area contributed by atoms with Crippen LogP contribution in [0.3, 0.4) is 0 Å². The summed E-state index contributed by atoms with van der Waals surface area (Å²) in [5.41, 5.74) is 3.75. The third-order valence-corrected chi connectivity index (χ3v) is 8.02. The maximum Gasteiger partial charge on any atom is 0.0956 e. The van der Waals surface area contributed by atoms with Crippen molar-refractivity contribution >= 4 is 0 Å². The molecule has 2 unspecified atom stereocenters. The van der Waals surface area contributed by atoms with Gasteiger partial charge in [-0.05, 0) is 67.3 Å². The average Bonchev–Trinajstić information content (AvgIpc) is 3.22. The number of imidazole rings is 1. The third-order valence-electron chi connectivity index (χ3n) is 8.02. The van der Waals surface area contributed by atoms with E-state index in [1.54, 1.807) is 0 Å². The van der Waals surface area contributed by atoms with E-state index in [1.165, 1.54) is 29.7 Å². The third kappa shape index (κ3) is 1.95. The zero-order valence-corrected chi connectivity index (χ0v) is 15.0. The molecule has 4 fully saturated rings. The van der Waals surface area contributed by atoms with Gasteiger partial charge in [-0.3, -0.25) is 0 Å². The van der Waals surface area contributed by atoms with Crippen molar-refractivity contribution in [1.82, 2.24) is 9.55 Å². The number of aromatic nitrogens is 2. The van der Waals surface area contributed by atoms with E-state index in [0.29, 0.717) is 17.8 Å². The summed E-state index contributed by atoms with van der Waals surface area (Å²) in [6.07, 6.45) is 9.67. The van der Waals surface area contributed by atoms with Crippen molar-refractivity contribution in [3.05, 3.63) is 42.4 Å². The van der Waals surface area contributed by atoms with Crippen molar-refractivity contribution in [2.24, 2.45) is 23.2 Å². The van der Waals surface area contributed by atoms with E-state index < -0.39 is 0 Å². The fraction of sp³-hybridized carbons (Fsp3) is 0.591. The van der Waals surface area contributed by atoms with Crippen LogP contribution in [0.15, 0.2) is 36.8 Å². The van der Waals surface area contributed by atoms with Crippen LogP contribution in [0, 0.1) is 23.2 Å². The number of hydrogen-bond donors (Lipinski definition) is 2. The van der Waals surface area contributed by atoms with Gasteiger partial charge in [-0.1, -0.05) is 24.3 Å². The predicted molar refractivity (Wildman–Crippen MR) is 98.4 cm³/mol. The van der Waals surface area contributed by atoms with Crippen LogP contribution in [-0.4, -0.2) is 32.0 Å². The largest absolute Gasteiger partial charge is 0.393 e. The van der Waals surface area contributed by atoms with Gasteiger partial charge in [0.25, 0.3) is 0 Å². The Hall–Kier alpha value is -1.65. The van der Waals surface area contributed by atoms with Gasteiger partial charge in [0.1, 0.15) is 0 Å². The Morgan fingerprint density at radius 2 is 1.92 bits per heavy atom. The molecule has 2 heterocycles. The van der Waals surface area contributed by atoms with Crippen molar-refractivity contribution in [2.45, 2.75) is 56.8 Å². The highest BCUT2D eigenvalue weighted by Crippen LogP contribution is 2.62. The Morgan fingerprint density at radius 3 is 2.73 bits per heavy atom. The van der Waals surface area contributed by atoms with E-state index in [0.717, 1.165) is 25.7 Å². The van der Waals surface area contributed by atoms with Gasteiger partial charge in [-0.25, -0.2) is 4.98 Å². The molecule has 5 aliphatic rings. The number of rotatable bonds is 3. The molecule has 4 aliphatic carbocycles. The number of hydrogen-bond acceptors (Lipinski definition) is 3. The maximum absolute atomic E-state index is 11.4. The first kappa shape index (κ1) is 15.4. The van der Waals surface area contributed by atoms with Gasteiger partial charge in [0, 0.05) is 5.56 Å². The second-order valence-electron chi connectivity index (χ2n) is 9.36. The summed E-state index contributed by atoms with van der Waals surface area (Å²) in [6.45, 7) is 0. The van der Waals surface area contributed by atoms with Gasteiger partial charge in [0.2, 0.25) is 0 Å². The summed E-state index contributed by atoms with van der Waals surface area (Å²) in [5, 5.41) is 22.0. The van der Waals surface area contributed by atoms with Gasteiger partial charge in [0.15, 0.2) is 0 Å². The summed E-state index contributed by atoms with van der Waals surface area (Å²) >= 11 is 0. The molecular formula is C22H26N2O2. The van der Waals surface area contributed by atoms with Crippen molar-refractivity contribution in [3.63, 3.8) is 0 Å². The molecule has 0 spiro atoms. The van der Waals surface area contributed by atoms with Crippen molar-refractivity contribution in [2.75, 3.05) is 0 Å². The fourth-order valence-corrected chi connectivity index (χ4v) is 7.10. The van der Waals surface area contributed by atoms with E-state index in [1.807, 2.05) is 12.5 Å². The Balaban J connectivity index is 1.33. The molecule has 26 heavy (non-hydrogen) atoms. The summed E-state index contributed by atoms with van der Waals surface area (Å²) in [4.78, 5) is 4.35. The molecule has 4 bridgehead atoms. The molecule has 4 atom stereocenters. The first-order valence-electron chi connectivity index (χ1n) is 10.1. The van der Waals surface area contributed by atoms with Crippen LogP contribution in [0.2, 0.25) is 0 Å². The second kappa shape index (κ2) is 5.20. The van der Waals surface area contributed by atoms with Gasteiger partial charge in [-0.2, -0.15) is 0 Å². The molecule has 4 nitrogen and oxygen atoms in total. The summed E-state index contributed by atoms with van der Waals surface area (Å²) in [7, 11) is 0. The highest BCUT2D eigenvalue weighted by Gasteiger charge is 2.57. The minimum Gasteiger partial charge on any atom is -0.393 e. The molecule has 4 heteroatoms. The average molecular weight is 350 g/mol. The zero-order valence-electron chi connectivity index (χ0n) is 15.0. The second-order valence-corrected chi connectivity index (χ2v) is 9.36. The molecule has 0 amide bonds. The molecule has 1 aromatic heterocycles. The molecule has 0 saturated heterocycles. The standard InChI is InChI=1S/C22H26N2O2/c25-20(22-8-13-5-14(9-22)21(26)15(6-13)10-22)7-18-16-3-1-2-4-17(16)19-11-23-12-24(18)19/h1-4,11-15,18,20-21,25-26H,5-10H2/t13?,14?,15?,18-,20-,21?,22?/m1/s1. The predicted octanol–water partition coefficient (Wildman–Crippen LogP) is 3.39. The summed E-state index contributed by atoms with van der Waals surface area (Å²) in [6, 6.07) is 8.71. The first-order valence-corrected chi connectivity index (χ1v) is 10.1. The Morgan fingerprint density at radius 1 is 1.15 bits per heavy atom. The van der Waals surface area contributed by atoms with Gasteiger partial charge >= 0.3 is 0 Å². The Labute approximate surface area is 153 Å². The molecular weight excluding hydrogens is 324 g/mol. The van der Waals surface area contributed by atoms with Crippen molar-refractivity contribution < 1.29 is 10.2 Å². The van der Waals surface area contributed by atoms with Gasteiger partial charge in [0.05, 0.1) is 36.5 Å². The minimum atomic E-state index is -0.311. The highest BCUT2D eigenvalue weighted by atomic mass is 16.3. The molecule has 1 aromatic carbocycles. The summed E-state index contributed by atoms with van der Waals surface area (Å²) in [5.74, 6) is 1.54. The fourth-order valence-electron chi connectivity index (χ4n) is 7.10. The molecule has 1 aliphatic heterocycles. The molecule has 7 rings (SSSR count). The van der Waals surface area contributed by atoms with E-state index >= 15 is 0 Å². The smallest absolute Gasteiger partial charge is 0.0956 e. The van der Waals surface area contributed by atoms with Crippen LogP contribution in [-0.2, 0) is 0 Å². The van der Waals surface area contributed by atoms with Crippen LogP contribution in [0.4, 0.5) is 0 Å². The van der Waals surface area contributed by atoms with E-state index in [-0.39, 0.29) is 23.7 Å². The molecule has 2 N–H and O–H groups in total. The van der Waals surface area contributed by atoms with Crippen LogP contribution < -0.4 is 0 Å². The molecule has 2 aromatic rings. The lowest BCUT2D eigenvalue weighted by atomic mass is 9.47. The van der Waals surface area contributed by atoms with Crippen molar-refractivity contribution in [1.29, 1.82) is 0 Å². The molecule has 0 radical (unpaired) electrons. The van der Waals surface area contributed by atoms with Gasteiger partial charge in [-0.15, -0.1) is 0 Å². The first-order chi connectivity index (χ1) is 12.6. The normalized spacial score (nSPS) is 40.5. The monoisotopic (exact) mass is 350 g/mol. The quantitative estimate of drug-likeness (QED) is 0.892. The van der Waals surface area contributed by atoms with E-state index in [9.17, 15) is 10.2 Å². The Kier molecular flexibility index (Phi) is 3.08. The Bertz CT molecular complexity index is 843. The minimum absolute atomic E-state index is 0.0218. The highest BCUT2D eigenvalue weighted by molar-refractivity contribution is 5.68. The van der Waals surface area contributed by atoms with Crippen LogP contribution in [0.1, 0.15) is 50.1 Å². The van der Waals surface area contributed by atoms with Crippen molar-refractivity contribution in [3.8, 4) is 11.3 Å². The van der Waals surface area contributed by atoms with E-state index in [2.05, 4.69) is 33.8 Å². The number of aliphatic hydroxyl groups excluding tert-OH is 2. The lowest BCUT2D eigenvalue weighted by Gasteiger charge is -2.60. The van der Waals surface area contributed by atoms with Crippen LogP contribution in [0.25, 0.3) is 11.3 Å². The van der Waals surface area contributed by atoms with Gasteiger partial charge < -0.3 is 14.8 Å². The maximum atomic E-state index is 11.4. The number of nitrogens with zero attached hydrogens (tertiary/aromatic N) is 2.